The van der Waals surface area contributed by atoms with Crippen molar-refractivity contribution >= 4 is 35.1 Å². The van der Waals surface area contributed by atoms with Gasteiger partial charge in [0, 0.05) is 31.1 Å². The summed E-state index contributed by atoms with van der Waals surface area (Å²) in [4.78, 5) is 36.7. The molecule has 13 nitrogen and oxygen atoms in total. The highest BCUT2D eigenvalue weighted by atomic mass is 19.4. The van der Waals surface area contributed by atoms with Gasteiger partial charge in [-0.15, -0.1) is 0 Å². The number of fused-ring (bicyclic) bond motifs is 1. The summed E-state index contributed by atoms with van der Waals surface area (Å²) in [6.45, 7) is 3.03. The Balaban J connectivity index is 1.33. The Kier molecular flexibility index (Phi) is 9.81. The van der Waals surface area contributed by atoms with Gasteiger partial charge in [0.25, 0.3) is 0 Å². The molecule has 16 heteroatoms. The van der Waals surface area contributed by atoms with Gasteiger partial charge < -0.3 is 46.4 Å². The summed E-state index contributed by atoms with van der Waals surface area (Å²) in [5, 5.41) is 30.3. The summed E-state index contributed by atoms with van der Waals surface area (Å²) in [5.41, 5.74) is 8.18. The topological polar surface area (TPSA) is 178 Å². The molecule has 0 spiro atoms. The van der Waals surface area contributed by atoms with E-state index in [9.17, 15) is 33.0 Å². The van der Waals surface area contributed by atoms with Crippen molar-refractivity contribution in [3.05, 3.63) is 71.8 Å². The van der Waals surface area contributed by atoms with Crippen LogP contribution in [0.15, 0.2) is 60.7 Å². The van der Waals surface area contributed by atoms with Gasteiger partial charge in [0.05, 0.1) is 6.67 Å². The molecule has 3 heterocycles. The van der Waals surface area contributed by atoms with Gasteiger partial charge in [0.1, 0.15) is 17.9 Å². The summed E-state index contributed by atoms with van der Waals surface area (Å²) in [5.74, 6) is -2.02. The second kappa shape index (κ2) is 14.1. The van der Waals surface area contributed by atoms with Crippen molar-refractivity contribution in [3.8, 4) is 0 Å². The first-order valence-corrected chi connectivity index (χ1v) is 16.2. The fourth-order valence-corrected chi connectivity index (χ4v) is 6.75. The zero-order valence-corrected chi connectivity index (χ0v) is 26.7. The summed E-state index contributed by atoms with van der Waals surface area (Å²) in [7, 11) is 0. The van der Waals surface area contributed by atoms with E-state index < -0.39 is 48.6 Å². The number of alkyl halides is 3. The molecular weight excluding hydrogens is 645 g/mol. The summed E-state index contributed by atoms with van der Waals surface area (Å²) >= 11 is 0. The molecule has 7 N–H and O–H groups in total. The van der Waals surface area contributed by atoms with E-state index in [0.717, 1.165) is 11.1 Å². The number of ether oxygens (including phenoxy) is 1. The van der Waals surface area contributed by atoms with E-state index >= 15 is 0 Å². The molecule has 0 unspecified atom stereocenters. The minimum Gasteiger partial charge on any atom is -0.387 e. The molecule has 6 atom stereocenters. The number of aromatic nitrogens is 2. The van der Waals surface area contributed by atoms with E-state index in [1.807, 2.05) is 72.5 Å². The minimum atomic E-state index is -4.98. The van der Waals surface area contributed by atoms with Gasteiger partial charge in [-0.25, -0.2) is 0 Å². The molecule has 2 amide bonds. The number of nitrogens with two attached hydrogens (primary N) is 1. The number of hydrogen-bond acceptors (Lipinski definition) is 11. The molecule has 1 aliphatic carbocycles. The molecule has 2 aromatic carbocycles. The molecule has 0 radical (unpaired) electrons. The van der Waals surface area contributed by atoms with Gasteiger partial charge >= 0.3 is 12.1 Å². The van der Waals surface area contributed by atoms with E-state index in [1.54, 1.807) is 4.90 Å². The number of carbonyl (C=O) groups is 2. The zero-order chi connectivity index (χ0) is 34.9. The van der Waals surface area contributed by atoms with Gasteiger partial charge in [-0.05, 0) is 37.3 Å². The standard InChI is InChI=1S/C33H39F3N8O5/c1-2-43-17-44(30-25(46)24(45)26(49-30)27(37)47)29-23(43)28(38-16-22(18-9-5-3-6-10-18)19-11-7-4-8-12-19)41-32(42-29)40-21-14-13-20(15-21)39-31(48)33(34,35)36/h3-12,20-22,24-26,30,45-46H,2,13-17H2,1H3,(H2,37,47)(H,39,48)(H2,38,40,41,42)/t20-,21-,24+,25-,26+,30-/m1/s1. The van der Waals surface area contributed by atoms with Gasteiger partial charge in [-0.3, -0.25) is 9.59 Å². The summed E-state index contributed by atoms with van der Waals surface area (Å²) in [6.07, 6.45) is -9.62. The number of carbonyl (C=O) groups excluding carboxylic acids is 2. The van der Waals surface area contributed by atoms with Crippen LogP contribution in [0.5, 0.6) is 0 Å². The van der Waals surface area contributed by atoms with Crippen LogP contribution in [0.25, 0.3) is 0 Å². The van der Waals surface area contributed by atoms with Crippen LogP contribution in [0.3, 0.4) is 0 Å². The third kappa shape index (κ3) is 7.21. The summed E-state index contributed by atoms with van der Waals surface area (Å²) in [6, 6.07) is 18.9. The van der Waals surface area contributed by atoms with Crippen molar-refractivity contribution in [3.63, 3.8) is 0 Å². The average Bonchev–Trinajstić information content (AvgIpc) is 3.77. The second-order valence-corrected chi connectivity index (χ2v) is 12.4. The largest absolute Gasteiger partial charge is 0.471 e. The monoisotopic (exact) mass is 684 g/mol. The van der Waals surface area contributed by atoms with Crippen molar-refractivity contribution in [1.82, 2.24) is 15.3 Å². The van der Waals surface area contributed by atoms with Crippen molar-refractivity contribution < 1.29 is 37.7 Å². The van der Waals surface area contributed by atoms with E-state index in [-0.39, 0.29) is 31.0 Å². The average molecular weight is 685 g/mol. The highest BCUT2D eigenvalue weighted by Crippen LogP contribution is 2.44. The van der Waals surface area contributed by atoms with Gasteiger partial charge in [-0.1, -0.05) is 60.7 Å². The Bertz CT molecular complexity index is 1600. The van der Waals surface area contributed by atoms with Crippen LogP contribution < -0.4 is 31.5 Å². The molecule has 0 bridgehead atoms. The third-order valence-corrected chi connectivity index (χ3v) is 9.22. The van der Waals surface area contributed by atoms with Crippen LogP contribution in [0.4, 0.5) is 36.4 Å². The molecule has 49 heavy (non-hydrogen) atoms. The van der Waals surface area contributed by atoms with E-state index in [2.05, 4.69) is 16.0 Å². The number of benzene rings is 2. The molecule has 1 saturated carbocycles. The number of nitrogens with zero attached hydrogens (tertiary/aromatic N) is 4. The maximum absolute atomic E-state index is 12.9. The quantitative estimate of drug-likeness (QED) is 0.175. The van der Waals surface area contributed by atoms with E-state index in [1.165, 1.54) is 0 Å². The fourth-order valence-electron chi connectivity index (χ4n) is 6.75. The predicted molar refractivity (Wildman–Crippen MR) is 175 cm³/mol. The first-order valence-electron chi connectivity index (χ1n) is 16.2. The Labute approximate surface area is 280 Å². The van der Waals surface area contributed by atoms with Crippen LogP contribution in [0.2, 0.25) is 0 Å². The number of hydrogen-bond donors (Lipinski definition) is 6. The maximum Gasteiger partial charge on any atom is 0.471 e. The number of primary amides is 1. The van der Waals surface area contributed by atoms with Gasteiger partial charge in [0.15, 0.2) is 24.0 Å². The first kappa shape index (κ1) is 34.2. The molecule has 1 aromatic heterocycles. The smallest absolute Gasteiger partial charge is 0.387 e. The number of halogens is 3. The Morgan fingerprint density at radius 1 is 1.00 bits per heavy atom. The van der Waals surface area contributed by atoms with Crippen molar-refractivity contribution in [1.29, 1.82) is 0 Å². The fraction of sp³-hybridized carbons (Fsp3) is 0.455. The number of aliphatic hydroxyl groups excluding tert-OH is 2. The van der Waals surface area contributed by atoms with Crippen molar-refractivity contribution in [2.45, 2.75) is 74.9 Å². The molecule has 2 aliphatic heterocycles. The lowest BCUT2D eigenvalue weighted by Crippen LogP contribution is -2.46. The molecule has 3 aliphatic rings. The predicted octanol–water partition coefficient (Wildman–Crippen LogP) is 2.27. The summed E-state index contributed by atoms with van der Waals surface area (Å²) < 4.78 is 44.4. The lowest BCUT2D eigenvalue weighted by atomic mass is 9.91. The third-order valence-electron chi connectivity index (χ3n) is 9.22. The maximum atomic E-state index is 12.9. The van der Waals surface area contributed by atoms with Crippen LogP contribution in [-0.4, -0.2) is 94.6 Å². The zero-order valence-electron chi connectivity index (χ0n) is 26.7. The van der Waals surface area contributed by atoms with E-state index in [0.29, 0.717) is 43.3 Å². The van der Waals surface area contributed by atoms with Crippen LogP contribution in [-0.2, 0) is 14.3 Å². The molecule has 3 aromatic rings. The van der Waals surface area contributed by atoms with Crippen LogP contribution in [0.1, 0.15) is 43.2 Å². The number of amides is 2. The van der Waals surface area contributed by atoms with Gasteiger partial charge in [0.2, 0.25) is 11.9 Å². The SMILES string of the molecule is CCN1CN([C@@H]2O[C@H](C(N)=O)[C@@H](O)[C@H]2O)c2nc(N[C@@H]3CC[C@@H](NC(=O)C(F)(F)F)C3)nc(NCC(c3ccccc3)c3ccccc3)c21. The highest BCUT2D eigenvalue weighted by Gasteiger charge is 2.51. The number of nitrogens with one attached hydrogen (secondary N) is 3. The normalized spacial score (nSPS) is 25.0. The van der Waals surface area contributed by atoms with Crippen LogP contribution >= 0.6 is 0 Å². The molecule has 262 valence electrons. The molecular formula is C33H39F3N8O5. The van der Waals surface area contributed by atoms with Crippen molar-refractivity contribution in [2.75, 3.05) is 40.2 Å². The van der Waals surface area contributed by atoms with Gasteiger partial charge in [-0.2, -0.15) is 23.1 Å². The van der Waals surface area contributed by atoms with E-state index in [4.69, 9.17) is 20.4 Å². The second-order valence-electron chi connectivity index (χ2n) is 12.4. The Hall–Kier alpha value is -4.67. The van der Waals surface area contributed by atoms with Crippen molar-refractivity contribution in [2.24, 2.45) is 5.73 Å². The molecule has 1 saturated heterocycles. The lowest BCUT2D eigenvalue weighted by Gasteiger charge is -2.28. The Morgan fingerprint density at radius 3 is 2.20 bits per heavy atom. The highest BCUT2D eigenvalue weighted by molar-refractivity contribution is 5.85. The number of anilines is 4. The Morgan fingerprint density at radius 2 is 1.63 bits per heavy atom. The number of rotatable bonds is 11. The molecule has 6 rings (SSSR count). The van der Waals surface area contributed by atoms with Crippen LogP contribution in [0, 0.1) is 0 Å². The molecule has 2 fully saturated rings. The minimum absolute atomic E-state index is 0.0729. The lowest BCUT2D eigenvalue weighted by molar-refractivity contribution is -0.174. The number of aliphatic hydroxyl groups is 2. The first-order chi connectivity index (χ1) is 23.4.